The average Bonchev–Trinajstić information content (AvgIpc) is 2.52. The molecule has 0 aromatic heterocycles. The molecule has 0 spiro atoms. The van der Waals surface area contributed by atoms with Crippen LogP contribution in [-0.2, 0) is 4.74 Å². The molecular weight excluding hydrogens is 180 g/mol. The Morgan fingerprint density at radius 3 is 3.00 bits per heavy atom. The molecule has 3 saturated heterocycles. The summed E-state index contributed by atoms with van der Waals surface area (Å²) in [5, 5.41) is 9.93. The molecule has 3 aliphatic rings. The van der Waals surface area contributed by atoms with Crippen molar-refractivity contribution in [3.05, 3.63) is 0 Å². The zero-order chi connectivity index (χ0) is 9.97. The molecule has 3 heterocycles. The second-order valence-electron chi connectivity index (χ2n) is 4.28. The Balaban J connectivity index is 1.97. The van der Waals surface area contributed by atoms with E-state index in [9.17, 15) is 5.11 Å². The number of hydrogen-bond acceptors (Lipinski definition) is 4. The summed E-state index contributed by atoms with van der Waals surface area (Å²) in [5.41, 5.74) is 0. The van der Waals surface area contributed by atoms with Gasteiger partial charge in [0.05, 0.1) is 18.8 Å². The molecule has 4 unspecified atom stereocenters. The normalized spacial score (nSPS) is 39.4. The zero-order valence-electron chi connectivity index (χ0n) is 8.85. The maximum absolute atomic E-state index is 9.93. The van der Waals surface area contributed by atoms with Gasteiger partial charge in [0.2, 0.25) is 0 Å². The molecular formula is C10H20N2O2. The lowest BCUT2D eigenvalue weighted by atomic mass is 10.1. The van der Waals surface area contributed by atoms with Crippen molar-refractivity contribution in [2.45, 2.75) is 18.6 Å². The van der Waals surface area contributed by atoms with Crippen molar-refractivity contribution in [2.24, 2.45) is 0 Å². The number of methoxy groups -OCH3 is 1. The minimum absolute atomic E-state index is 0.284. The minimum atomic E-state index is -0.333. The predicted molar refractivity (Wildman–Crippen MR) is 54.3 cm³/mol. The maximum atomic E-state index is 9.93. The lowest BCUT2D eigenvalue weighted by molar-refractivity contribution is -0.0246. The van der Waals surface area contributed by atoms with E-state index in [-0.39, 0.29) is 12.1 Å². The van der Waals surface area contributed by atoms with E-state index in [1.165, 1.54) is 13.0 Å². The van der Waals surface area contributed by atoms with Gasteiger partial charge in [0.25, 0.3) is 0 Å². The Hall–Kier alpha value is -0.160. The van der Waals surface area contributed by atoms with Crippen LogP contribution in [0.2, 0.25) is 0 Å². The van der Waals surface area contributed by atoms with Crippen LogP contribution in [0.15, 0.2) is 0 Å². The number of rotatable bonds is 3. The third kappa shape index (κ3) is 2.08. The standard InChI is InChI=1S/C10H20N2O2/c1-14-8-10(13)9-7-11-3-2-4-12(9)6-5-11/h9-10,13H,2-8H2,1H3. The number of nitrogens with zero attached hydrogens (tertiary/aromatic N) is 2. The first-order valence-electron chi connectivity index (χ1n) is 5.44. The van der Waals surface area contributed by atoms with E-state index in [0.717, 1.165) is 26.2 Å². The molecule has 0 aromatic rings. The van der Waals surface area contributed by atoms with Gasteiger partial charge >= 0.3 is 0 Å². The highest BCUT2D eigenvalue weighted by Gasteiger charge is 2.33. The Morgan fingerprint density at radius 1 is 1.36 bits per heavy atom. The van der Waals surface area contributed by atoms with Crippen molar-refractivity contribution < 1.29 is 9.84 Å². The molecule has 3 fully saturated rings. The molecule has 82 valence electrons. The minimum Gasteiger partial charge on any atom is -0.389 e. The smallest absolute Gasteiger partial charge is 0.0940 e. The van der Waals surface area contributed by atoms with Crippen LogP contribution in [0.5, 0.6) is 0 Å². The van der Waals surface area contributed by atoms with Gasteiger partial charge in [-0.05, 0) is 19.5 Å². The second-order valence-corrected chi connectivity index (χ2v) is 4.28. The molecule has 3 aliphatic heterocycles. The van der Waals surface area contributed by atoms with Crippen molar-refractivity contribution in [1.29, 1.82) is 0 Å². The van der Waals surface area contributed by atoms with Crippen LogP contribution < -0.4 is 0 Å². The highest BCUT2D eigenvalue weighted by Crippen LogP contribution is 2.18. The molecule has 0 amide bonds. The quantitative estimate of drug-likeness (QED) is 0.659. The lowest BCUT2D eigenvalue weighted by Crippen LogP contribution is -2.56. The predicted octanol–water partition coefficient (Wildman–Crippen LogP) is -0.616. The molecule has 0 aliphatic carbocycles. The second kappa shape index (κ2) is 4.57. The molecule has 3 rings (SSSR count). The molecule has 4 atom stereocenters. The van der Waals surface area contributed by atoms with Crippen LogP contribution in [0.3, 0.4) is 0 Å². The Morgan fingerprint density at radius 2 is 2.21 bits per heavy atom. The van der Waals surface area contributed by atoms with Crippen LogP contribution in [0.25, 0.3) is 0 Å². The molecule has 4 nitrogen and oxygen atoms in total. The first kappa shape index (κ1) is 10.4. The summed E-state index contributed by atoms with van der Waals surface area (Å²) in [4.78, 5) is 4.86. The Bertz CT molecular complexity index is 185. The van der Waals surface area contributed by atoms with Crippen LogP contribution >= 0.6 is 0 Å². The van der Waals surface area contributed by atoms with Gasteiger partial charge in [0.1, 0.15) is 0 Å². The van der Waals surface area contributed by atoms with Crippen LogP contribution in [0.1, 0.15) is 6.42 Å². The van der Waals surface area contributed by atoms with Gasteiger partial charge in [-0.25, -0.2) is 0 Å². The summed E-state index contributed by atoms with van der Waals surface area (Å²) < 4.78 is 5.01. The summed E-state index contributed by atoms with van der Waals surface area (Å²) in [6, 6.07) is 0.284. The number of aliphatic hydroxyl groups is 1. The number of ether oxygens (including phenoxy) is 1. The van der Waals surface area contributed by atoms with Gasteiger partial charge in [-0.2, -0.15) is 0 Å². The van der Waals surface area contributed by atoms with E-state index in [0.29, 0.717) is 6.61 Å². The van der Waals surface area contributed by atoms with Crippen molar-refractivity contribution in [3.63, 3.8) is 0 Å². The summed E-state index contributed by atoms with van der Waals surface area (Å²) in [6.07, 6.45) is 0.900. The largest absolute Gasteiger partial charge is 0.389 e. The first-order chi connectivity index (χ1) is 6.81. The summed E-state index contributed by atoms with van der Waals surface area (Å²) in [6.45, 7) is 6.04. The summed E-state index contributed by atoms with van der Waals surface area (Å²) >= 11 is 0. The van der Waals surface area contributed by atoms with Crippen molar-refractivity contribution in [1.82, 2.24) is 9.80 Å². The van der Waals surface area contributed by atoms with Crippen LogP contribution in [0, 0.1) is 0 Å². The Labute approximate surface area is 85.4 Å². The van der Waals surface area contributed by atoms with Gasteiger partial charge < -0.3 is 14.7 Å². The SMILES string of the molecule is COCC(O)C1CN2CCCN1CC2. The molecule has 0 aromatic carbocycles. The fourth-order valence-electron chi connectivity index (χ4n) is 2.53. The number of piperazine rings is 1. The molecule has 1 N–H and O–H groups in total. The number of hydrogen-bond donors (Lipinski definition) is 1. The molecule has 2 bridgehead atoms. The Kier molecular flexibility index (Phi) is 3.38. The van der Waals surface area contributed by atoms with Gasteiger partial charge in [-0.1, -0.05) is 0 Å². The third-order valence-electron chi connectivity index (χ3n) is 3.32. The molecule has 0 saturated carbocycles. The fraction of sp³-hybridized carbons (Fsp3) is 1.00. The average molecular weight is 200 g/mol. The van der Waals surface area contributed by atoms with E-state index < -0.39 is 0 Å². The number of aliphatic hydroxyl groups excluding tert-OH is 1. The van der Waals surface area contributed by atoms with Gasteiger partial charge in [0, 0.05) is 26.7 Å². The van der Waals surface area contributed by atoms with E-state index >= 15 is 0 Å². The van der Waals surface area contributed by atoms with Gasteiger partial charge in [-0.3, -0.25) is 4.90 Å². The van der Waals surface area contributed by atoms with E-state index in [1.54, 1.807) is 7.11 Å². The maximum Gasteiger partial charge on any atom is 0.0940 e. The monoisotopic (exact) mass is 200 g/mol. The highest BCUT2D eigenvalue weighted by atomic mass is 16.5. The number of fused-ring (bicyclic) bond motifs is 4. The van der Waals surface area contributed by atoms with Crippen LogP contribution in [0.4, 0.5) is 0 Å². The van der Waals surface area contributed by atoms with Gasteiger partial charge in [0.15, 0.2) is 0 Å². The van der Waals surface area contributed by atoms with Crippen LogP contribution in [-0.4, -0.2) is 73.5 Å². The highest BCUT2D eigenvalue weighted by molar-refractivity contribution is 4.89. The van der Waals surface area contributed by atoms with E-state index in [4.69, 9.17) is 4.74 Å². The fourth-order valence-corrected chi connectivity index (χ4v) is 2.53. The van der Waals surface area contributed by atoms with Gasteiger partial charge in [-0.15, -0.1) is 0 Å². The topological polar surface area (TPSA) is 35.9 Å². The van der Waals surface area contributed by atoms with Crippen molar-refractivity contribution in [3.8, 4) is 0 Å². The van der Waals surface area contributed by atoms with Crippen molar-refractivity contribution in [2.75, 3.05) is 46.4 Å². The zero-order valence-corrected chi connectivity index (χ0v) is 8.85. The lowest BCUT2D eigenvalue weighted by Gasteiger charge is -2.39. The van der Waals surface area contributed by atoms with E-state index in [1.807, 2.05) is 0 Å². The molecule has 4 heteroatoms. The van der Waals surface area contributed by atoms with E-state index in [2.05, 4.69) is 9.80 Å². The summed E-state index contributed by atoms with van der Waals surface area (Å²) in [7, 11) is 1.65. The third-order valence-corrected chi connectivity index (χ3v) is 3.32. The molecule has 0 radical (unpaired) electrons. The summed E-state index contributed by atoms with van der Waals surface area (Å²) in [5.74, 6) is 0. The molecule has 14 heavy (non-hydrogen) atoms. The van der Waals surface area contributed by atoms with Crippen molar-refractivity contribution >= 4 is 0 Å². The first-order valence-corrected chi connectivity index (χ1v) is 5.44.